The Morgan fingerprint density at radius 1 is 1.33 bits per heavy atom. The third-order valence-electron chi connectivity index (χ3n) is 4.80. The molecular formula is C16H22N6O2. The molecule has 0 spiro atoms. The van der Waals surface area contributed by atoms with Gasteiger partial charge in [0.1, 0.15) is 5.82 Å². The first-order valence-corrected chi connectivity index (χ1v) is 8.34. The number of nitrogens with zero attached hydrogens (tertiary/aromatic N) is 5. The predicted molar refractivity (Wildman–Crippen MR) is 86.3 cm³/mol. The van der Waals surface area contributed by atoms with Crippen LogP contribution in [-0.2, 0) is 31.3 Å². The zero-order valence-electron chi connectivity index (χ0n) is 13.9. The van der Waals surface area contributed by atoms with Crippen LogP contribution in [0.4, 0.5) is 0 Å². The van der Waals surface area contributed by atoms with Crippen LogP contribution < -0.4 is 0 Å². The lowest BCUT2D eigenvalue weighted by molar-refractivity contribution is 0.0297. The van der Waals surface area contributed by atoms with Crippen LogP contribution in [0, 0.1) is 0 Å². The molecule has 0 radical (unpaired) electrons. The van der Waals surface area contributed by atoms with Crippen molar-refractivity contribution in [3.05, 3.63) is 35.2 Å². The number of nitrogens with one attached hydrogen (secondary N) is 1. The molecule has 1 saturated heterocycles. The first-order chi connectivity index (χ1) is 11.7. The molecule has 1 amide bonds. The van der Waals surface area contributed by atoms with Crippen molar-refractivity contribution >= 4 is 5.91 Å². The SMILES string of the molecule is Cn1ccnc1CN1CCc2[nH]nc(C(=O)N3CCOCC3)c2C1. The smallest absolute Gasteiger partial charge is 0.274 e. The lowest BCUT2D eigenvalue weighted by Gasteiger charge is -2.28. The maximum absolute atomic E-state index is 12.8. The standard InChI is InChI=1S/C16H22N6O2/c1-20-5-3-17-14(20)11-21-4-2-13-12(10-21)15(19-18-13)16(23)22-6-8-24-9-7-22/h3,5H,2,4,6-11H2,1H3,(H,18,19). The van der Waals surface area contributed by atoms with E-state index in [-0.39, 0.29) is 5.91 Å². The molecule has 8 heteroatoms. The Hall–Kier alpha value is -2.19. The van der Waals surface area contributed by atoms with Crippen molar-refractivity contribution in [2.45, 2.75) is 19.5 Å². The van der Waals surface area contributed by atoms with Gasteiger partial charge in [-0.2, -0.15) is 5.10 Å². The highest BCUT2D eigenvalue weighted by Gasteiger charge is 2.29. The predicted octanol–water partition coefficient (Wildman–Crippen LogP) is 0.174. The number of carbonyl (C=O) groups excluding carboxylic acids is 1. The Morgan fingerprint density at radius 2 is 2.17 bits per heavy atom. The molecule has 0 aromatic carbocycles. The number of H-pyrrole nitrogens is 1. The maximum atomic E-state index is 12.8. The lowest BCUT2D eigenvalue weighted by atomic mass is 10.0. The van der Waals surface area contributed by atoms with Crippen molar-refractivity contribution in [3.63, 3.8) is 0 Å². The summed E-state index contributed by atoms with van der Waals surface area (Å²) < 4.78 is 7.36. The maximum Gasteiger partial charge on any atom is 0.274 e. The third kappa shape index (κ3) is 2.83. The van der Waals surface area contributed by atoms with Crippen LogP contribution in [0.3, 0.4) is 0 Å². The number of imidazole rings is 1. The molecule has 2 aliphatic heterocycles. The number of ether oxygens (including phenoxy) is 1. The van der Waals surface area contributed by atoms with Gasteiger partial charge in [0.2, 0.25) is 0 Å². The number of rotatable bonds is 3. The van der Waals surface area contributed by atoms with E-state index in [2.05, 4.69) is 20.1 Å². The minimum atomic E-state index is 0.00893. The molecule has 0 aliphatic carbocycles. The number of carbonyl (C=O) groups is 1. The van der Waals surface area contributed by atoms with Crippen molar-refractivity contribution in [2.75, 3.05) is 32.8 Å². The Kier molecular flexibility index (Phi) is 4.07. The average Bonchev–Trinajstić information content (AvgIpc) is 3.21. The number of amides is 1. The third-order valence-corrected chi connectivity index (χ3v) is 4.80. The summed E-state index contributed by atoms with van der Waals surface area (Å²) in [6.07, 6.45) is 4.65. The van der Waals surface area contributed by atoms with Crippen LogP contribution in [0.25, 0.3) is 0 Å². The van der Waals surface area contributed by atoms with Crippen LogP contribution >= 0.6 is 0 Å². The van der Waals surface area contributed by atoms with E-state index in [4.69, 9.17) is 4.74 Å². The molecule has 4 rings (SSSR count). The summed E-state index contributed by atoms with van der Waals surface area (Å²) in [5.74, 6) is 1.04. The fourth-order valence-corrected chi connectivity index (χ4v) is 3.33. The molecule has 0 saturated carbocycles. The topological polar surface area (TPSA) is 79.3 Å². The molecular weight excluding hydrogens is 308 g/mol. The molecule has 2 aliphatic rings. The van der Waals surface area contributed by atoms with Crippen molar-refractivity contribution in [3.8, 4) is 0 Å². The Morgan fingerprint density at radius 3 is 2.92 bits per heavy atom. The Balaban J connectivity index is 1.51. The summed E-state index contributed by atoms with van der Waals surface area (Å²) >= 11 is 0. The molecule has 8 nitrogen and oxygen atoms in total. The van der Waals surface area contributed by atoms with E-state index in [1.54, 1.807) is 0 Å². The normalized spacial score (nSPS) is 18.6. The number of morpholine rings is 1. The van der Waals surface area contributed by atoms with Crippen molar-refractivity contribution in [1.29, 1.82) is 0 Å². The van der Waals surface area contributed by atoms with E-state index in [1.165, 1.54) is 0 Å². The summed E-state index contributed by atoms with van der Waals surface area (Å²) in [6, 6.07) is 0. The number of aromatic amines is 1. The van der Waals surface area contributed by atoms with Gasteiger partial charge in [0.25, 0.3) is 5.91 Å². The molecule has 0 unspecified atom stereocenters. The summed E-state index contributed by atoms with van der Waals surface area (Å²) in [4.78, 5) is 21.3. The molecule has 1 N–H and O–H groups in total. The number of hydrogen-bond acceptors (Lipinski definition) is 5. The van der Waals surface area contributed by atoms with Gasteiger partial charge in [-0.15, -0.1) is 0 Å². The second kappa shape index (κ2) is 6.37. The minimum absolute atomic E-state index is 0.00893. The fraction of sp³-hybridized carbons (Fsp3) is 0.562. The van der Waals surface area contributed by atoms with Gasteiger partial charge >= 0.3 is 0 Å². The van der Waals surface area contributed by atoms with Gasteiger partial charge in [0, 0.05) is 63.3 Å². The fourth-order valence-electron chi connectivity index (χ4n) is 3.33. The Bertz CT molecular complexity index is 731. The van der Waals surface area contributed by atoms with Gasteiger partial charge in [-0.3, -0.25) is 14.8 Å². The largest absolute Gasteiger partial charge is 0.378 e. The van der Waals surface area contributed by atoms with Crippen molar-refractivity contribution in [2.24, 2.45) is 7.05 Å². The zero-order valence-corrected chi connectivity index (χ0v) is 13.9. The summed E-state index contributed by atoms with van der Waals surface area (Å²) in [6.45, 7) is 4.92. The minimum Gasteiger partial charge on any atom is -0.378 e. The van der Waals surface area contributed by atoms with Gasteiger partial charge in [-0.05, 0) is 0 Å². The molecule has 2 aromatic heterocycles. The van der Waals surface area contributed by atoms with E-state index in [0.29, 0.717) is 32.0 Å². The van der Waals surface area contributed by atoms with Gasteiger partial charge < -0.3 is 14.2 Å². The van der Waals surface area contributed by atoms with E-state index in [9.17, 15) is 4.79 Å². The summed E-state index contributed by atoms with van der Waals surface area (Å²) in [5.41, 5.74) is 2.69. The quantitative estimate of drug-likeness (QED) is 0.868. The number of fused-ring (bicyclic) bond motifs is 1. The number of aryl methyl sites for hydroxylation is 1. The first-order valence-electron chi connectivity index (χ1n) is 8.34. The second-order valence-electron chi connectivity index (χ2n) is 6.35. The van der Waals surface area contributed by atoms with Gasteiger partial charge in [0.15, 0.2) is 5.69 Å². The molecule has 0 bridgehead atoms. The van der Waals surface area contributed by atoms with Gasteiger partial charge in [-0.25, -0.2) is 4.98 Å². The van der Waals surface area contributed by atoms with E-state index in [1.807, 2.05) is 28.9 Å². The zero-order chi connectivity index (χ0) is 16.5. The van der Waals surface area contributed by atoms with Crippen molar-refractivity contribution < 1.29 is 9.53 Å². The first kappa shape index (κ1) is 15.3. The summed E-state index contributed by atoms with van der Waals surface area (Å²) in [7, 11) is 2.00. The van der Waals surface area contributed by atoms with Crippen LogP contribution in [0.15, 0.2) is 12.4 Å². The number of hydrogen-bond donors (Lipinski definition) is 1. The van der Waals surface area contributed by atoms with E-state index < -0.39 is 0 Å². The molecule has 2 aromatic rings. The van der Waals surface area contributed by atoms with Crippen LogP contribution in [0.1, 0.15) is 27.6 Å². The van der Waals surface area contributed by atoms with Crippen LogP contribution in [0.5, 0.6) is 0 Å². The highest BCUT2D eigenvalue weighted by Crippen LogP contribution is 2.23. The van der Waals surface area contributed by atoms with E-state index in [0.717, 1.165) is 43.1 Å². The Labute approximate surface area is 140 Å². The summed E-state index contributed by atoms with van der Waals surface area (Å²) in [5, 5.41) is 7.38. The highest BCUT2D eigenvalue weighted by molar-refractivity contribution is 5.94. The molecule has 24 heavy (non-hydrogen) atoms. The van der Waals surface area contributed by atoms with Crippen molar-refractivity contribution in [1.82, 2.24) is 29.5 Å². The molecule has 128 valence electrons. The van der Waals surface area contributed by atoms with E-state index >= 15 is 0 Å². The van der Waals surface area contributed by atoms with Gasteiger partial charge in [-0.1, -0.05) is 0 Å². The van der Waals surface area contributed by atoms with Crippen LogP contribution in [0.2, 0.25) is 0 Å². The lowest BCUT2D eigenvalue weighted by Crippen LogP contribution is -2.41. The van der Waals surface area contributed by atoms with Crippen LogP contribution in [-0.4, -0.2) is 68.3 Å². The molecule has 4 heterocycles. The molecule has 0 atom stereocenters. The highest BCUT2D eigenvalue weighted by atomic mass is 16.5. The number of aromatic nitrogens is 4. The molecule has 1 fully saturated rings. The monoisotopic (exact) mass is 330 g/mol. The average molecular weight is 330 g/mol. The second-order valence-corrected chi connectivity index (χ2v) is 6.35. The van der Waals surface area contributed by atoms with Gasteiger partial charge in [0.05, 0.1) is 19.8 Å².